The van der Waals surface area contributed by atoms with Gasteiger partial charge in [-0.2, -0.15) is 5.10 Å². The highest BCUT2D eigenvalue weighted by Gasteiger charge is 2.25. The Morgan fingerprint density at radius 2 is 1.93 bits per heavy atom. The molecule has 0 bridgehead atoms. The number of fused-ring (bicyclic) bond motifs is 1. The molecule has 0 saturated carbocycles. The maximum atomic E-state index is 13.6. The van der Waals surface area contributed by atoms with Crippen molar-refractivity contribution < 1.29 is 8.78 Å². The lowest BCUT2D eigenvalue weighted by molar-refractivity contribution is 0.0176. The fourth-order valence-corrected chi connectivity index (χ4v) is 3.31. The first-order valence-electron chi connectivity index (χ1n) is 8.96. The first-order valence-corrected chi connectivity index (χ1v) is 9.34. The Bertz CT molecular complexity index is 1260. The number of nitrogens with zero attached hydrogens (tertiary/aromatic N) is 3. The number of halogens is 3. The van der Waals surface area contributed by atoms with Crippen molar-refractivity contribution in [2.45, 2.75) is 25.8 Å². The molecule has 2 aromatic carbocycles. The van der Waals surface area contributed by atoms with Crippen molar-refractivity contribution in [2.75, 3.05) is 0 Å². The monoisotopic (exact) mass is 414 g/mol. The van der Waals surface area contributed by atoms with E-state index in [2.05, 4.69) is 15.1 Å². The molecule has 0 saturated heterocycles. The van der Waals surface area contributed by atoms with Crippen molar-refractivity contribution in [1.82, 2.24) is 19.7 Å². The van der Waals surface area contributed by atoms with Crippen molar-refractivity contribution in [3.05, 3.63) is 81.4 Å². The van der Waals surface area contributed by atoms with Crippen LogP contribution in [0.1, 0.15) is 31.3 Å². The molecule has 0 spiro atoms. The summed E-state index contributed by atoms with van der Waals surface area (Å²) in [6.07, 6.45) is 0. The second-order valence-corrected chi connectivity index (χ2v) is 7.37. The third-order valence-corrected chi connectivity index (χ3v) is 4.95. The number of aromatic nitrogens is 4. The molecular weight excluding hydrogens is 398 g/mol. The van der Waals surface area contributed by atoms with E-state index in [1.807, 2.05) is 6.07 Å². The molecule has 29 heavy (non-hydrogen) atoms. The number of hydrogen-bond donors (Lipinski definition) is 1. The summed E-state index contributed by atoms with van der Waals surface area (Å²) >= 11 is 6.05. The zero-order valence-electron chi connectivity index (χ0n) is 15.7. The number of imidazole rings is 1. The highest BCUT2D eigenvalue weighted by molar-refractivity contribution is 6.30. The lowest BCUT2D eigenvalue weighted by Gasteiger charge is -2.13. The first-order chi connectivity index (χ1) is 13.7. The van der Waals surface area contributed by atoms with Gasteiger partial charge in [0.2, 0.25) is 0 Å². The summed E-state index contributed by atoms with van der Waals surface area (Å²) in [6.45, 7) is 2.61. The Morgan fingerprint density at radius 3 is 2.66 bits per heavy atom. The van der Waals surface area contributed by atoms with Gasteiger partial charge in [0, 0.05) is 29.1 Å². The Morgan fingerprint density at radius 1 is 1.14 bits per heavy atom. The maximum absolute atomic E-state index is 13.6. The van der Waals surface area contributed by atoms with Crippen LogP contribution in [0.5, 0.6) is 0 Å². The topological polar surface area (TPSA) is 63.6 Å². The predicted molar refractivity (Wildman–Crippen MR) is 108 cm³/mol. The Labute approximate surface area is 170 Å². The largest absolute Gasteiger partial charge is 0.340 e. The predicted octanol–water partition coefficient (Wildman–Crippen LogP) is 5.16. The van der Waals surface area contributed by atoms with Gasteiger partial charge in [-0.1, -0.05) is 29.8 Å². The summed E-state index contributed by atoms with van der Waals surface area (Å²) in [5, 5.41) is 5.02. The minimum Gasteiger partial charge on any atom is -0.340 e. The lowest BCUT2D eigenvalue weighted by Crippen LogP contribution is -2.26. The van der Waals surface area contributed by atoms with Gasteiger partial charge in [-0.05, 0) is 37.3 Å². The van der Waals surface area contributed by atoms with E-state index < -0.39 is 12.0 Å². The van der Waals surface area contributed by atoms with E-state index in [0.717, 1.165) is 12.5 Å². The van der Waals surface area contributed by atoms with Crippen LogP contribution in [0, 0.1) is 0 Å². The summed E-state index contributed by atoms with van der Waals surface area (Å²) in [5.74, 6) is -2.50. The molecule has 0 aliphatic heterocycles. The number of rotatable bonds is 4. The van der Waals surface area contributed by atoms with E-state index in [0.29, 0.717) is 27.6 Å². The van der Waals surface area contributed by atoms with Gasteiger partial charge in [-0.25, -0.2) is 18.4 Å². The van der Waals surface area contributed by atoms with Crippen LogP contribution >= 0.6 is 11.6 Å². The lowest BCUT2D eigenvalue weighted by atomic mass is 10.1. The van der Waals surface area contributed by atoms with Gasteiger partial charge >= 0.3 is 0 Å². The van der Waals surface area contributed by atoms with Crippen LogP contribution in [0.3, 0.4) is 0 Å². The van der Waals surface area contributed by atoms with E-state index in [1.165, 1.54) is 28.9 Å². The van der Waals surface area contributed by atoms with Gasteiger partial charge in [-0.15, -0.1) is 0 Å². The molecular formula is C21H17ClF2N4O. The van der Waals surface area contributed by atoms with Crippen molar-refractivity contribution in [2.24, 2.45) is 0 Å². The molecule has 4 aromatic rings. The number of H-pyrrole nitrogens is 1. The molecule has 2 heterocycles. The van der Waals surface area contributed by atoms with Crippen molar-refractivity contribution in [3.63, 3.8) is 0 Å². The standard InChI is InChI=1S/C21H17ClF2N4O/c1-12(20-25-17-7-6-14(21(2,23)24)11-18(17)26-20)28-19(29)9-8-16(27-28)13-4-3-5-15(22)10-13/h3-12H,1-2H3,(H,25,26). The highest BCUT2D eigenvalue weighted by Crippen LogP contribution is 2.29. The molecule has 0 aliphatic carbocycles. The molecule has 8 heteroatoms. The number of benzene rings is 2. The SMILES string of the molecule is CC(c1nc2ccc(C(C)(F)F)cc2[nH]1)n1nc(-c2cccc(Cl)c2)ccc1=O. The van der Waals surface area contributed by atoms with E-state index in [9.17, 15) is 13.6 Å². The van der Waals surface area contributed by atoms with Crippen LogP contribution in [0.2, 0.25) is 5.02 Å². The van der Waals surface area contributed by atoms with E-state index in [4.69, 9.17) is 11.6 Å². The average Bonchev–Trinajstić information content (AvgIpc) is 3.10. The minimum atomic E-state index is -2.95. The van der Waals surface area contributed by atoms with Crippen LogP contribution in [-0.4, -0.2) is 19.7 Å². The average molecular weight is 415 g/mol. The smallest absolute Gasteiger partial charge is 0.270 e. The van der Waals surface area contributed by atoms with E-state index >= 15 is 0 Å². The normalized spacial score (nSPS) is 13.0. The molecule has 0 radical (unpaired) electrons. The summed E-state index contributed by atoms with van der Waals surface area (Å²) < 4.78 is 28.5. The molecule has 0 aliphatic rings. The van der Waals surface area contributed by atoms with E-state index in [-0.39, 0.29) is 11.1 Å². The van der Waals surface area contributed by atoms with Gasteiger partial charge in [0.15, 0.2) is 0 Å². The van der Waals surface area contributed by atoms with E-state index in [1.54, 1.807) is 31.2 Å². The fourth-order valence-electron chi connectivity index (χ4n) is 3.12. The van der Waals surface area contributed by atoms with Crippen molar-refractivity contribution in [3.8, 4) is 11.3 Å². The fraction of sp³-hybridized carbons (Fsp3) is 0.190. The van der Waals surface area contributed by atoms with Gasteiger partial charge in [0.25, 0.3) is 11.5 Å². The van der Waals surface area contributed by atoms with Crippen LogP contribution in [0.4, 0.5) is 8.78 Å². The van der Waals surface area contributed by atoms with Gasteiger partial charge < -0.3 is 4.98 Å². The zero-order chi connectivity index (χ0) is 20.8. The molecule has 1 atom stereocenters. The molecule has 1 N–H and O–H groups in total. The van der Waals surface area contributed by atoms with Gasteiger partial charge in [0.1, 0.15) is 11.9 Å². The van der Waals surface area contributed by atoms with Crippen LogP contribution < -0.4 is 5.56 Å². The summed E-state index contributed by atoms with van der Waals surface area (Å²) in [6, 6.07) is 14.0. The second kappa shape index (κ2) is 7.08. The third kappa shape index (κ3) is 3.78. The Hall–Kier alpha value is -3.06. The van der Waals surface area contributed by atoms with Gasteiger partial charge in [-0.3, -0.25) is 4.79 Å². The maximum Gasteiger partial charge on any atom is 0.270 e. The molecule has 2 aromatic heterocycles. The summed E-state index contributed by atoms with van der Waals surface area (Å²) in [4.78, 5) is 19.9. The highest BCUT2D eigenvalue weighted by atomic mass is 35.5. The molecule has 5 nitrogen and oxygen atoms in total. The van der Waals surface area contributed by atoms with Crippen LogP contribution in [-0.2, 0) is 5.92 Å². The Balaban J connectivity index is 1.75. The zero-order valence-corrected chi connectivity index (χ0v) is 16.4. The summed E-state index contributed by atoms with van der Waals surface area (Å²) in [7, 11) is 0. The molecule has 148 valence electrons. The number of alkyl halides is 2. The number of nitrogens with one attached hydrogen (secondary N) is 1. The third-order valence-electron chi connectivity index (χ3n) is 4.72. The first kappa shape index (κ1) is 19.3. The summed E-state index contributed by atoms with van der Waals surface area (Å²) in [5.41, 5.74) is 1.97. The van der Waals surface area contributed by atoms with Gasteiger partial charge in [0.05, 0.1) is 16.7 Å². The quantitative estimate of drug-likeness (QED) is 0.501. The number of hydrogen-bond acceptors (Lipinski definition) is 3. The Kier molecular flexibility index (Phi) is 4.70. The van der Waals surface area contributed by atoms with Crippen molar-refractivity contribution in [1.29, 1.82) is 0 Å². The molecule has 0 amide bonds. The van der Waals surface area contributed by atoms with Crippen LogP contribution in [0.15, 0.2) is 59.4 Å². The molecule has 0 fully saturated rings. The van der Waals surface area contributed by atoms with Crippen LogP contribution in [0.25, 0.3) is 22.3 Å². The second-order valence-electron chi connectivity index (χ2n) is 6.93. The molecule has 4 rings (SSSR count). The molecule has 1 unspecified atom stereocenters. The van der Waals surface area contributed by atoms with Crippen molar-refractivity contribution >= 4 is 22.6 Å². The number of aromatic amines is 1. The minimum absolute atomic E-state index is 0.105.